The summed E-state index contributed by atoms with van der Waals surface area (Å²) in [5, 5.41) is 3.90. The Balaban J connectivity index is 1.55. The van der Waals surface area contributed by atoms with Crippen molar-refractivity contribution in [3.8, 4) is 11.5 Å². The van der Waals surface area contributed by atoms with Crippen molar-refractivity contribution in [2.75, 3.05) is 33.5 Å². The smallest absolute Gasteiger partial charge is 0.231 e. The number of hydrogen-bond donors (Lipinski definition) is 1. The number of fused-ring (bicyclic) bond motifs is 1. The summed E-state index contributed by atoms with van der Waals surface area (Å²) in [6.45, 7) is 4.67. The number of rotatable bonds is 5. The second-order valence-electron chi connectivity index (χ2n) is 5.92. The van der Waals surface area contributed by atoms with Gasteiger partial charge >= 0.3 is 0 Å². The molecule has 5 heteroatoms. The molecule has 1 fully saturated rings. The number of benzene rings is 1. The molecule has 0 radical (unpaired) electrons. The van der Waals surface area contributed by atoms with Crippen molar-refractivity contribution in [1.82, 2.24) is 10.2 Å². The molecule has 2 heterocycles. The third kappa shape index (κ3) is 3.62. The summed E-state index contributed by atoms with van der Waals surface area (Å²) in [6, 6.07) is 4.06. The lowest BCUT2D eigenvalue weighted by molar-refractivity contribution is 0.171. The van der Waals surface area contributed by atoms with Crippen LogP contribution in [0.25, 0.3) is 0 Å². The second-order valence-corrected chi connectivity index (χ2v) is 6.33. The fourth-order valence-corrected chi connectivity index (χ4v) is 3.44. The van der Waals surface area contributed by atoms with Crippen LogP contribution in [0, 0.1) is 5.92 Å². The zero-order valence-electron chi connectivity index (χ0n) is 12.5. The SMILES string of the molecule is CNCCC1CCN(Cc2cc(Cl)c3c(c2)OCO3)CC1. The summed E-state index contributed by atoms with van der Waals surface area (Å²) in [5.74, 6) is 2.33. The normalized spacial score (nSPS) is 19.1. The van der Waals surface area contributed by atoms with Crippen molar-refractivity contribution in [3.63, 3.8) is 0 Å². The average Bonchev–Trinajstić information content (AvgIpc) is 2.95. The minimum Gasteiger partial charge on any atom is -0.454 e. The number of nitrogens with one attached hydrogen (secondary N) is 1. The van der Waals surface area contributed by atoms with Crippen LogP contribution in [0.15, 0.2) is 12.1 Å². The van der Waals surface area contributed by atoms with Crippen molar-refractivity contribution in [1.29, 1.82) is 0 Å². The monoisotopic (exact) mass is 310 g/mol. The van der Waals surface area contributed by atoms with Crippen LogP contribution in [-0.2, 0) is 6.54 Å². The highest BCUT2D eigenvalue weighted by Gasteiger charge is 2.21. The molecule has 0 atom stereocenters. The van der Waals surface area contributed by atoms with E-state index in [1.165, 1.54) is 37.9 Å². The van der Waals surface area contributed by atoms with Gasteiger partial charge in [-0.1, -0.05) is 11.6 Å². The molecule has 1 N–H and O–H groups in total. The third-order valence-electron chi connectivity index (χ3n) is 4.40. The molecule has 0 aromatic heterocycles. The van der Waals surface area contributed by atoms with Crippen LogP contribution in [-0.4, -0.2) is 38.4 Å². The Morgan fingerprint density at radius 3 is 2.86 bits per heavy atom. The van der Waals surface area contributed by atoms with Gasteiger partial charge in [0.15, 0.2) is 11.5 Å². The summed E-state index contributed by atoms with van der Waals surface area (Å²) in [5.41, 5.74) is 1.21. The fourth-order valence-electron chi connectivity index (χ4n) is 3.15. The number of halogens is 1. The zero-order valence-corrected chi connectivity index (χ0v) is 13.3. The molecule has 0 unspecified atom stereocenters. The maximum Gasteiger partial charge on any atom is 0.231 e. The zero-order chi connectivity index (χ0) is 14.7. The molecular formula is C16H23ClN2O2. The molecular weight excluding hydrogens is 288 g/mol. The van der Waals surface area contributed by atoms with Crippen molar-refractivity contribution in [3.05, 3.63) is 22.7 Å². The highest BCUT2D eigenvalue weighted by molar-refractivity contribution is 6.32. The van der Waals surface area contributed by atoms with Crippen LogP contribution >= 0.6 is 11.6 Å². The lowest BCUT2D eigenvalue weighted by Crippen LogP contribution is -2.34. The van der Waals surface area contributed by atoms with Gasteiger partial charge in [-0.2, -0.15) is 0 Å². The van der Waals surface area contributed by atoms with E-state index in [2.05, 4.69) is 16.3 Å². The molecule has 0 spiro atoms. The Kier molecular flexibility index (Phi) is 4.88. The van der Waals surface area contributed by atoms with Crippen molar-refractivity contribution < 1.29 is 9.47 Å². The molecule has 2 aliphatic rings. The van der Waals surface area contributed by atoms with Crippen LogP contribution in [0.2, 0.25) is 5.02 Å². The molecule has 1 aromatic rings. The van der Waals surface area contributed by atoms with E-state index in [0.717, 1.165) is 24.8 Å². The highest BCUT2D eigenvalue weighted by atomic mass is 35.5. The van der Waals surface area contributed by atoms with Crippen LogP contribution in [0.1, 0.15) is 24.8 Å². The van der Waals surface area contributed by atoms with Gasteiger partial charge in [-0.05, 0) is 69.6 Å². The Morgan fingerprint density at radius 2 is 2.10 bits per heavy atom. The van der Waals surface area contributed by atoms with Gasteiger partial charge in [0, 0.05) is 6.54 Å². The van der Waals surface area contributed by atoms with E-state index in [1.807, 2.05) is 13.1 Å². The number of piperidine rings is 1. The van der Waals surface area contributed by atoms with Gasteiger partial charge in [-0.25, -0.2) is 0 Å². The largest absolute Gasteiger partial charge is 0.454 e. The number of likely N-dealkylation sites (tertiary alicyclic amines) is 1. The third-order valence-corrected chi connectivity index (χ3v) is 4.68. The number of ether oxygens (including phenoxy) is 2. The summed E-state index contributed by atoms with van der Waals surface area (Å²) < 4.78 is 10.8. The molecule has 4 nitrogen and oxygen atoms in total. The maximum atomic E-state index is 6.24. The Labute approximate surface area is 131 Å². The van der Waals surface area contributed by atoms with Crippen molar-refractivity contribution in [2.24, 2.45) is 5.92 Å². The molecule has 1 aromatic carbocycles. The summed E-state index contributed by atoms with van der Waals surface area (Å²) in [6.07, 6.45) is 3.88. The molecule has 0 amide bonds. The minimum atomic E-state index is 0.273. The van der Waals surface area contributed by atoms with E-state index in [9.17, 15) is 0 Å². The highest BCUT2D eigenvalue weighted by Crippen LogP contribution is 2.40. The Hall–Kier alpha value is -0.970. The number of nitrogens with zero attached hydrogens (tertiary/aromatic N) is 1. The van der Waals surface area contributed by atoms with E-state index < -0.39 is 0 Å². The van der Waals surface area contributed by atoms with Gasteiger partial charge in [-0.15, -0.1) is 0 Å². The van der Waals surface area contributed by atoms with E-state index in [4.69, 9.17) is 21.1 Å². The van der Waals surface area contributed by atoms with Crippen molar-refractivity contribution in [2.45, 2.75) is 25.8 Å². The van der Waals surface area contributed by atoms with Crippen LogP contribution in [0.4, 0.5) is 0 Å². The maximum absolute atomic E-state index is 6.24. The quantitative estimate of drug-likeness (QED) is 0.907. The van der Waals surface area contributed by atoms with E-state index in [0.29, 0.717) is 10.8 Å². The average molecular weight is 311 g/mol. The number of hydrogen-bond acceptors (Lipinski definition) is 4. The van der Waals surface area contributed by atoms with Crippen molar-refractivity contribution >= 4 is 11.6 Å². The lowest BCUT2D eigenvalue weighted by atomic mass is 9.93. The van der Waals surface area contributed by atoms with Gasteiger partial charge < -0.3 is 14.8 Å². The molecule has 0 aliphatic carbocycles. The first-order chi connectivity index (χ1) is 10.3. The van der Waals surface area contributed by atoms with E-state index >= 15 is 0 Å². The minimum absolute atomic E-state index is 0.273. The fraction of sp³-hybridized carbons (Fsp3) is 0.625. The topological polar surface area (TPSA) is 33.7 Å². The van der Waals surface area contributed by atoms with Gasteiger partial charge in [-0.3, -0.25) is 4.90 Å². The molecule has 21 heavy (non-hydrogen) atoms. The first-order valence-corrected chi connectivity index (χ1v) is 8.09. The molecule has 116 valence electrons. The first-order valence-electron chi connectivity index (χ1n) is 7.71. The van der Waals surface area contributed by atoms with E-state index in [1.54, 1.807) is 0 Å². The molecule has 3 rings (SSSR count). The summed E-state index contributed by atoms with van der Waals surface area (Å²) >= 11 is 6.24. The van der Waals surface area contributed by atoms with Crippen LogP contribution < -0.4 is 14.8 Å². The Bertz CT molecular complexity index is 487. The predicted molar refractivity (Wildman–Crippen MR) is 84.1 cm³/mol. The summed E-state index contributed by atoms with van der Waals surface area (Å²) in [4.78, 5) is 2.50. The van der Waals surface area contributed by atoms with E-state index in [-0.39, 0.29) is 6.79 Å². The summed E-state index contributed by atoms with van der Waals surface area (Å²) in [7, 11) is 2.03. The van der Waals surface area contributed by atoms with Crippen LogP contribution in [0.5, 0.6) is 11.5 Å². The standard InChI is InChI=1S/C16H23ClN2O2/c1-18-5-2-12-3-6-19(7-4-12)10-13-8-14(17)16-15(9-13)20-11-21-16/h8-9,12,18H,2-7,10-11H2,1H3. The molecule has 1 saturated heterocycles. The van der Waals surface area contributed by atoms with Crippen LogP contribution in [0.3, 0.4) is 0 Å². The second kappa shape index (κ2) is 6.86. The molecule has 0 bridgehead atoms. The first kappa shape index (κ1) is 14.9. The van der Waals surface area contributed by atoms with Gasteiger partial charge in [0.2, 0.25) is 6.79 Å². The Morgan fingerprint density at radius 1 is 1.29 bits per heavy atom. The van der Waals surface area contributed by atoms with Gasteiger partial charge in [0.1, 0.15) is 0 Å². The molecule has 2 aliphatic heterocycles. The van der Waals surface area contributed by atoms with Gasteiger partial charge in [0.05, 0.1) is 5.02 Å². The lowest BCUT2D eigenvalue weighted by Gasteiger charge is -2.32. The predicted octanol–water partition coefficient (Wildman–Crippen LogP) is 2.89. The molecule has 0 saturated carbocycles. The van der Waals surface area contributed by atoms with Gasteiger partial charge in [0.25, 0.3) is 0 Å².